The Morgan fingerprint density at radius 1 is 1.07 bits per heavy atom. The van der Waals surface area contributed by atoms with E-state index < -0.39 is 78.8 Å². The zero-order valence-electron chi connectivity index (χ0n) is 22.6. The molecule has 5 rings (SSSR count). The van der Waals surface area contributed by atoms with E-state index in [2.05, 4.69) is 10.2 Å². The number of amides is 1. The van der Waals surface area contributed by atoms with Gasteiger partial charge >= 0.3 is 0 Å². The lowest BCUT2D eigenvalue weighted by atomic mass is 9.54. The minimum atomic E-state index is -4.43. The third kappa shape index (κ3) is 4.38. The number of rotatable bonds is 5. The number of alkyl halides is 1. The number of hydrogen-bond acceptors (Lipinski definition) is 12. The fourth-order valence-corrected chi connectivity index (χ4v) is 7.18. The molecule has 1 saturated carbocycles. The standard InChI is InChI=1S/C27H25ClN4O10S/c1-32(2)20-15-10-11-9-14-16(31-30-12-3-5-13(6-4-12)43(40,41)42)7-8-17(33)18(14)22(35)26(11,28)25(38)27(15,39)23(36)19(21(20)34)24(29)37/h3-8,11,15,20,33,36,39H,9-10H2,1-2H3,(H2,29,37)(H,40,41,42)/t11-,15-,20-,26?,27+/m0/s1. The number of benzene rings is 2. The summed E-state index contributed by atoms with van der Waals surface area (Å²) in [6, 6.07) is 5.96. The normalized spacial score (nSPS) is 29.1. The Labute approximate surface area is 249 Å². The molecule has 3 aliphatic carbocycles. The Balaban J connectivity index is 1.62. The largest absolute Gasteiger partial charge is 0.508 e. The quantitative estimate of drug-likeness (QED) is 0.104. The van der Waals surface area contributed by atoms with Gasteiger partial charge in [0.05, 0.1) is 27.9 Å². The van der Waals surface area contributed by atoms with Crippen LogP contribution in [0.1, 0.15) is 22.3 Å². The average Bonchev–Trinajstić information content (AvgIpc) is 2.92. The van der Waals surface area contributed by atoms with Crippen LogP contribution in [0.15, 0.2) is 62.9 Å². The summed E-state index contributed by atoms with van der Waals surface area (Å²) < 4.78 is 31.8. The monoisotopic (exact) mass is 632 g/mol. The number of nitrogens with zero attached hydrogens (tertiary/aromatic N) is 3. The number of ketones is 3. The van der Waals surface area contributed by atoms with Crippen LogP contribution < -0.4 is 5.73 Å². The van der Waals surface area contributed by atoms with Crippen LogP contribution in [-0.2, 0) is 30.9 Å². The predicted molar refractivity (Wildman–Crippen MR) is 148 cm³/mol. The minimum Gasteiger partial charge on any atom is -0.508 e. The van der Waals surface area contributed by atoms with Crippen molar-refractivity contribution in [2.75, 3.05) is 14.1 Å². The van der Waals surface area contributed by atoms with Crippen LogP contribution in [0, 0.1) is 11.8 Å². The molecule has 43 heavy (non-hydrogen) atoms. The van der Waals surface area contributed by atoms with Gasteiger partial charge in [-0.05, 0) is 74.8 Å². The van der Waals surface area contributed by atoms with Gasteiger partial charge in [0.15, 0.2) is 22.0 Å². The number of primary amides is 1. The van der Waals surface area contributed by atoms with Crippen molar-refractivity contribution in [3.05, 3.63) is 58.9 Å². The summed E-state index contributed by atoms with van der Waals surface area (Å²) in [4.78, 5) is 51.8. The Morgan fingerprint density at radius 2 is 1.70 bits per heavy atom. The second-order valence-corrected chi connectivity index (χ2v) is 12.9. The van der Waals surface area contributed by atoms with Crippen molar-refractivity contribution in [3.63, 3.8) is 0 Å². The van der Waals surface area contributed by atoms with Crippen molar-refractivity contribution in [1.82, 2.24) is 4.90 Å². The number of aliphatic hydroxyl groups excluding tert-OH is 1. The minimum absolute atomic E-state index is 0.106. The molecule has 0 aromatic heterocycles. The first-order chi connectivity index (χ1) is 19.9. The maximum atomic E-state index is 14.1. The summed E-state index contributed by atoms with van der Waals surface area (Å²) >= 11 is 6.78. The summed E-state index contributed by atoms with van der Waals surface area (Å²) in [6.07, 6.45) is -0.389. The number of phenolic OH excluding ortho intramolecular Hbond substituents is 1. The zero-order chi connectivity index (χ0) is 31.8. The van der Waals surface area contributed by atoms with Crippen LogP contribution in [0.25, 0.3) is 0 Å². The van der Waals surface area contributed by atoms with E-state index in [1.807, 2.05) is 0 Å². The number of fused-ring (bicyclic) bond motifs is 3. The van der Waals surface area contributed by atoms with Crippen molar-refractivity contribution >= 4 is 56.4 Å². The topological polar surface area (TPSA) is 237 Å². The van der Waals surface area contributed by atoms with Gasteiger partial charge in [0.25, 0.3) is 16.0 Å². The predicted octanol–water partition coefficient (Wildman–Crippen LogP) is 1.52. The van der Waals surface area contributed by atoms with Gasteiger partial charge in [-0.1, -0.05) is 0 Å². The number of nitrogens with two attached hydrogens (primary N) is 1. The molecule has 0 aliphatic heterocycles. The summed E-state index contributed by atoms with van der Waals surface area (Å²) in [5.74, 6) is -8.94. The number of carbonyl (C=O) groups is 4. The van der Waals surface area contributed by atoms with Crippen molar-refractivity contribution in [2.24, 2.45) is 27.8 Å². The maximum absolute atomic E-state index is 14.1. The van der Waals surface area contributed by atoms with Crippen LogP contribution in [-0.4, -0.2) is 87.1 Å². The number of hydrogen-bond donors (Lipinski definition) is 5. The van der Waals surface area contributed by atoms with Gasteiger partial charge < -0.3 is 21.1 Å². The van der Waals surface area contributed by atoms with Crippen LogP contribution >= 0.6 is 11.6 Å². The second-order valence-electron chi connectivity index (χ2n) is 10.9. The van der Waals surface area contributed by atoms with E-state index in [9.17, 15) is 42.9 Å². The lowest BCUT2D eigenvalue weighted by molar-refractivity contribution is -0.161. The third-order valence-corrected chi connectivity index (χ3v) is 9.81. The number of likely N-dealkylation sites (N-methyl/N-ethyl adjacent to an activating group) is 1. The van der Waals surface area contributed by atoms with Gasteiger partial charge in [-0.3, -0.25) is 28.6 Å². The first-order valence-corrected chi connectivity index (χ1v) is 14.6. The molecular formula is C27H25ClN4O10S. The summed E-state index contributed by atoms with van der Waals surface area (Å²) in [7, 11) is -1.49. The van der Waals surface area contributed by atoms with Crippen LogP contribution in [0.3, 0.4) is 0 Å². The molecule has 1 amide bonds. The highest BCUT2D eigenvalue weighted by molar-refractivity contribution is 7.85. The number of phenols is 1. The van der Waals surface area contributed by atoms with E-state index in [4.69, 9.17) is 21.9 Å². The first kappa shape index (κ1) is 30.4. The van der Waals surface area contributed by atoms with E-state index in [1.54, 1.807) is 0 Å². The number of carbonyl (C=O) groups excluding carboxylic acids is 4. The van der Waals surface area contributed by atoms with Crippen LogP contribution in [0.2, 0.25) is 0 Å². The van der Waals surface area contributed by atoms with Crippen LogP contribution in [0.5, 0.6) is 5.75 Å². The highest BCUT2D eigenvalue weighted by atomic mass is 35.5. The number of azo groups is 1. The zero-order valence-corrected chi connectivity index (χ0v) is 24.1. The van der Waals surface area contributed by atoms with Gasteiger partial charge in [0.2, 0.25) is 5.78 Å². The van der Waals surface area contributed by atoms with Crippen molar-refractivity contribution in [1.29, 1.82) is 0 Å². The molecule has 226 valence electrons. The van der Waals surface area contributed by atoms with E-state index in [-0.39, 0.29) is 40.2 Å². The molecule has 14 nitrogen and oxygen atoms in total. The molecular weight excluding hydrogens is 608 g/mol. The highest BCUT2D eigenvalue weighted by Crippen LogP contribution is 2.56. The molecule has 5 atom stereocenters. The Kier molecular flexibility index (Phi) is 7.10. The van der Waals surface area contributed by atoms with Gasteiger partial charge in [0, 0.05) is 5.92 Å². The second kappa shape index (κ2) is 10.0. The average molecular weight is 633 g/mol. The first-order valence-electron chi connectivity index (χ1n) is 12.7. The van der Waals surface area contributed by atoms with E-state index >= 15 is 0 Å². The van der Waals surface area contributed by atoms with E-state index in [0.717, 1.165) is 18.2 Å². The maximum Gasteiger partial charge on any atom is 0.294 e. The number of aromatic hydroxyl groups is 1. The molecule has 16 heteroatoms. The Morgan fingerprint density at radius 3 is 2.26 bits per heavy atom. The fraction of sp³-hybridized carbons (Fsp3) is 0.333. The van der Waals surface area contributed by atoms with Crippen LogP contribution in [0.4, 0.5) is 11.4 Å². The summed E-state index contributed by atoms with van der Waals surface area (Å²) in [5, 5.41) is 41.5. The third-order valence-electron chi connectivity index (χ3n) is 8.29. The molecule has 2 aromatic rings. The smallest absolute Gasteiger partial charge is 0.294 e. The van der Waals surface area contributed by atoms with E-state index in [1.165, 1.54) is 37.2 Å². The SMILES string of the molecule is CN(C)[C@@H]1C(=O)C(C(N)=O)=C(O)[C@@]2(O)C(=O)C3(Cl)C(=O)c4c(O)ccc(N=Nc5ccc(S(=O)(=O)O)cc5)c4C[C@H]3C[C@@H]12. The molecule has 1 unspecified atom stereocenters. The van der Waals surface area contributed by atoms with Gasteiger partial charge in [0.1, 0.15) is 17.1 Å². The number of halogens is 1. The van der Waals surface area contributed by atoms with Gasteiger partial charge in [-0.25, -0.2) is 0 Å². The number of aliphatic hydroxyl groups is 2. The fourth-order valence-electron chi connectivity index (χ4n) is 6.30. The molecule has 2 aromatic carbocycles. The van der Waals surface area contributed by atoms with Gasteiger partial charge in [-0.15, -0.1) is 11.6 Å². The lowest BCUT2D eigenvalue weighted by Crippen LogP contribution is -2.72. The molecule has 0 bridgehead atoms. The number of Topliss-reactive ketones (excluding diaryl/α,β-unsaturated/α-hetero) is 3. The molecule has 1 fully saturated rings. The van der Waals surface area contributed by atoms with Crippen molar-refractivity contribution in [3.8, 4) is 5.75 Å². The molecule has 0 radical (unpaired) electrons. The molecule has 6 N–H and O–H groups in total. The summed E-state index contributed by atoms with van der Waals surface area (Å²) in [6.45, 7) is 0. The van der Waals surface area contributed by atoms with Crippen molar-refractivity contribution < 1.29 is 47.5 Å². The molecule has 0 saturated heterocycles. The Bertz CT molecular complexity index is 1790. The highest BCUT2D eigenvalue weighted by Gasteiger charge is 2.71. The Hall–Kier alpha value is -4.02. The van der Waals surface area contributed by atoms with E-state index in [0.29, 0.717) is 0 Å². The molecule has 0 spiro atoms. The lowest BCUT2D eigenvalue weighted by Gasteiger charge is -2.54. The molecule has 3 aliphatic rings. The summed E-state index contributed by atoms with van der Waals surface area (Å²) in [5.41, 5.74) is 1.52. The molecule has 0 heterocycles. The van der Waals surface area contributed by atoms with Gasteiger partial charge in [-0.2, -0.15) is 18.6 Å². The van der Waals surface area contributed by atoms with Crippen molar-refractivity contribution in [2.45, 2.75) is 34.3 Å².